The third kappa shape index (κ3) is 3.98. The molecule has 3 rings (SSSR count). The van der Waals surface area contributed by atoms with Crippen LogP contribution in [0.5, 0.6) is 0 Å². The number of nitrogens with one attached hydrogen (secondary N) is 1. The third-order valence-corrected chi connectivity index (χ3v) is 4.31. The maximum atomic E-state index is 12.8. The van der Waals surface area contributed by atoms with Crippen LogP contribution in [-0.2, 0) is 6.54 Å². The predicted molar refractivity (Wildman–Crippen MR) is 91.4 cm³/mol. The Morgan fingerprint density at radius 3 is 2.75 bits per heavy atom. The van der Waals surface area contributed by atoms with E-state index < -0.39 is 0 Å². The molecular formula is C17H24N6O. The van der Waals surface area contributed by atoms with E-state index >= 15 is 0 Å². The van der Waals surface area contributed by atoms with Crippen molar-refractivity contribution in [2.24, 2.45) is 5.73 Å². The molecule has 3 N–H and O–H groups in total. The van der Waals surface area contributed by atoms with Crippen LogP contribution in [-0.4, -0.2) is 52.0 Å². The molecule has 1 aromatic carbocycles. The zero-order chi connectivity index (χ0) is 16.8. The van der Waals surface area contributed by atoms with Crippen molar-refractivity contribution in [3.8, 4) is 0 Å². The molecule has 0 saturated carbocycles. The van der Waals surface area contributed by atoms with Crippen LogP contribution in [0.4, 0.5) is 0 Å². The van der Waals surface area contributed by atoms with Crippen molar-refractivity contribution in [3.63, 3.8) is 0 Å². The average molecular weight is 328 g/mol. The Labute approximate surface area is 141 Å². The average Bonchev–Trinajstić information content (AvgIpc) is 3.12. The molecule has 0 radical (unpaired) electrons. The molecule has 24 heavy (non-hydrogen) atoms. The number of carbonyl (C=O) groups is 1. The Hall–Kier alpha value is -2.25. The number of nitrogens with zero attached hydrogens (tertiary/aromatic N) is 4. The first kappa shape index (κ1) is 16.6. The largest absolute Gasteiger partial charge is 0.332 e. The minimum atomic E-state index is -0.121. The van der Waals surface area contributed by atoms with E-state index in [0.29, 0.717) is 31.4 Å². The quantitative estimate of drug-likeness (QED) is 0.819. The molecule has 1 amide bonds. The fourth-order valence-corrected chi connectivity index (χ4v) is 3.00. The zero-order valence-corrected chi connectivity index (χ0v) is 13.8. The van der Waals surface area contributed by atoms with Crippen LogP contribution in [0, 0.1) is 0 Å². The van der Waals surface area contributed by atoms with Gasteiger partial charge in [0.25, 0.3) is 5.91 Å². The van der Waals surface area contributed by atoms with Gasteiger partial charge >= 0.3 is 0 Å². The maximum absolute atomic E-state index is 12.8. The van der Waals surface area contributed by atoms with Crippen LogP contribution in [0.1, 0.15) is 34.9 Å². The van der Waals surface area contributed by atoms with Gasteiger partial charge in [-0.25, -0.2) is 4.68 Å². The topological polar surface area (TPSA) is 89.1 Å². The third-order valence-electron chi connectivity index (χ3n) is 4.31. The molecular weight excluding hydrogens is 304 g/mol. The van der Waals surface area contributed by atoms with Crippen LogP contribution in [0.3, 0.4) is 0 Å². The van der Waals surface area contributed by atoms with E-state index in [2.05, 4.69) is 15.6 Å². The van der Waals surface area contributed by atoms with Crippen LogP contribution in [0.25, 0.3) is 0 Å². The minimum absolute atomic E-state index is 0.121. The van der Waals surface area contributed by atoms with E-state index in [4.69, 9.17) is 5.73 Å². The highest BCUT2D eigenvalue weighted by Gasteiger charge is 2.22. The number of aromatic nitrogens is 3. The van der Waals surface area contributed by atoms with Gasteiger partial charge in [-0.1, -0.05) is 35.5 Å². The first-order valence-corrected chi connectivity index (χ1v) is 8.43. The molecule has 1 aromatic heterocycles. The Balaban J connectivity index is 1.71. The van der Waals surface area contributed by atoms with E-state index in [9.17, 15) is 4.79 Å². The summed E-state index contributed by atoms with van der Waals surface area (Å²) >= 11 is 0. The van der Waals surface area contributed by atoms with Crippen molar-refractivity contribution in [1.29, 1.82) is 0 Å². The van der Waals surface area contributed by atoms with Gasteiger partial charge in [0.2, 0.25) is 0 Å². The van der Waals surface area contributed by atoms with E-state index in [1.54, 1.807) is 11.1 Å². The Morgan fingerprint density at radius 1 is 1.29 bits per heavy atom. The van der Waals surface area contributed by atoms with Crippen molar-refractivity contribution < 1.29 is 4.79 Å². The van der Waals surface area contributed by atoms with Crippen LogP contribution in [0.2, 0.25) is 0 Å². The highest BCUT2D eigenvalue weighted by Crippen LogP contribution is 2.17. The summed E-state index contributed by atoms with van der Waals surface area (Å²) in [5.74, 6) is -0.121. The van der Waals surface area contributed by atoms with Crippen LogP contribution >= 0.6 is 0 Å². The second kappa shape index (κ2) is 8.03. The predicted octanol–water partition coefficient (Wildman–Crippen LogP) is 0.804. The fraction of sp³-hybridized carbons (Fsp3) is 0.471. The first-order chi connectivity index (χ1) is 11.8. The molecule has 1 aliphatic rings. The number of amides is 1. The number of hydrogen-bond acceptors (Lipinski definition) is 5. The summed E-state index contributed by atoms with van der Waals surface area (Å²) in [5.41, 5.74) is 7.14. The summed E-state index contributed by atoms with van der Waals surface area (Å²) in [6.45, 7) is 3.38. The molecule has 0 unspecified atom stereocenters. The number of rotatable bonds is 6. The van der Waals surface area contributed by atoms with Gasteiger partial charge in [0.05, 0.1) is 12.2 Å². The Bertz CT molecular complexity index is 650. The number of nitrogens with two attached hydrogens (primary N) is 1. The molecule has 0 spiro atoms. The SMILES string of the molecule is NCCN(Cc1ccccc1)C(=O)c1cn(C2CCNCC2)nn1. The molecule has 7 nitrogen and oxygen atoms in total. The van der Waals surface area contributed by atoms with Crippen molar-refractivity contribution >= 4 is 5.91 Å². The molecule has 1 aliphatic heterocycles. The number of piperidine rings is 1. The molecule has 2 aromatic rings. The molecule has 0 aliphatic carbocycles. The van der Waals surface area contributed by atoms with E-state index in [1.165, 1.54) is 0 Å². The molecule has 2 heterocycles. The molecule has 1 saturated heterocycles. The second-order valence-corrected chi connectivity index (χ2v) is 6.07. The Kier molecular flexibility index (Phi) is 5.55. The van der Waals surface area contributed by atoms with Crippen molar-refractivity contribution in [2.75, 3.05) is 26.2 Å². The standard InChI is InChI=1S/C17H24N6O/c18-8-11-22(12-14-4-2-1-3-5-14)17(24)16-13-23(21-20-16)15-6-9-19-10-7-15/h1-5,13,15,19H,6-12,18H2. The summed E-state index contributed by atoms with van der Waals surface area (Å²) in [5, 5.41) is 11.6. The lowest BCUT2D eigenvalue weighted by Crippen LogP contribution is -2.35. The fourth-order valence-electron chi connectivity index (χ4n) is 3.00. The number of carbonyl (C=O) groups excluding carboxylic acids is 1. The van der Waals surface area contributed by atoms with Gasteiger partial charge < -0.3 is 16.0 Å². The molecule has 0 atom stereocenters. The summed E-state index contributed by atoms with van der Waals surface area (Å²) in [6, 6.07) is 10.2. The van der Waals surface area contributed by atoms with Gasteiger partial charge in [0.1, 0.15) is 0 Å². The lowest BCUT2D eigenvalue weighted by atomic mass is 10.1. The van der Waals surface area contributed by atoms with E-state index in [-0.39, 0.29) is 5.91 Å². The molecule has 1 fully saturated rings. The van der Waals surface area contributed by atoms with Crippen LogP contribution in [0.15, 0.2) is 36.5 Å². The molecule has 7 heteroatoms. The van der Waals surface area contributed by atoms with Crippen molar-refractivity contribution in [3.05, 3.63) is 47.8 Å². The van der Waals surface area contributed by atoms with E-state index in [0.717, 1.165) is 31.5 Å². The zero-order valence-electron chi connectivity index (χ0n) is 13.8. The van der Waals surface area contributed by atoms with Crippen molar-refractivity contribution in [2.45, 2.75) is 25.4 Å². The van der Waals surface area contributed by atoms with Crippen LogP contribution < -0.4 is 11.1 Å². The lowest BCUT2D eigenvalue weighted by molar-refractivity contribution is 0.0742. The lowest BCUT2D eigenvalue weighted by Gasteiger charge is -2.22. The number of benzene rings is 1. The highest BCUT2D eigenvalue weighted by molar-refractivity contribution is 5.91. The summed E-state index contributed by atoms with van der Waals surface area (Å²) in [4.78, 5) is 14.5. The van der Waals surface area contributed by atoms with Gasteiger partial charge in [0, 0.05) is 19.6 Å². The minimum Gasteiger partial charge on any atom is -0.332 e. The number of hydrogen-bond donors (Lipinski definition) is 2. The second-order valence-electron chi connectivity index (χ2n) is 6.07. The first-order valence-electron chi connectivity index (χ1n) is 8.43. The molecule has 0 bridgehead atoms. The van der Waals surface area contributed by atoms with Gasteiger partial charge in [-0.15, -0.1) is 5.10 Å². The summed E-state index contributed by atoms with van der Waals surface area (Å²) in [6.07, 6.45) is 3.79. The highest BCUT2D eigenvalue weighted by atomic mass is 16.2. The van der Waals surface area contributed by atoms with Crippen molar-refractivity contribution in [1.82, 2.24) is 25.2 Å². The van der Waals surface area contributed by atoms with E-state index in [1.807, 2.05) is 35.0 Å². The maximum Gasteiger partial charge on any atom is 0.276 e. The van der Waals surface area contributed by atoms with Gasteiger partial charge in [-0.05, 0) is 31.5 Å². The summed E-state index contributed by atoms with van der Waals surface area (Å²) < 4.78 is 1.83. The van der Waals surface area contributed by atoms with Gasteiger partial charge in [-0.3, -0.25) is 4.79 Å². The smallest absolute Gasteiger partial charge is 0.276 e. The van der Waals surface area contributed by atoms with Gasteiger partial charge in [-0.2, -0.15) is 0 Å². The van der Waals surface area contributed by atoms with Gasteiger partial charge in [0.15, 0.2) is 5.69 Å². The summed E-state index contributed by atoms with van der Waals surface area (Å²) in [7, 11) is 0. The normalized spacial score (nSPS) is 15.4. The Morgan fingerprint density at radius 2 is 2.04 bits per heavy atom. The molecule has 128 valence electrons. The monoisotopic (exact) mass is 328 g/mol.